The monoisotopic (exact) mass is 249 g/mol. The molecule has 1 aromatic rings. The van der Waals surface area contributed by atoms with Crippen molar-refractivity contribution in [3.05, 3.63) is 23.3 Å². The molecule has 0 aliphatic carbocycles. The van der Waals surface area contributed by atoms with Crippen molar-refractivity contribution in [1.29, 1.82) is 0 Å². The quantitative estimate of drug-likeness (QED) is 0.893. The molecule has 0 saturated heterocycles. The maximum atomic E-state index is 12.0. The zero-order valence-electron chi connectivity index (χ0n) is 11.1. The molecular formula is C14H19NO3. The molecule has 1 heterocycles. The van der Waals surface area contributed by atoms with Crippen LogP contribution in [0.2, 0.25) is 0 Å². The summed E-state index contributed by atoms with van der Waals surface area (Å²) in [4.78, 5) is 12.0. The number of nitrogens with one attached hydrogen (secondary N) is 1. The number of carbonyl (C=O) groups is 1. The average Bonchev–Trinajstić information content (AvgIpc) is 2.35. The normalized spacial score (nSPS) is 13.6. The summed E-state index contributed by atoms with van der Waals surface area (Å²) in [6.07, 6.45) is 0. The van der Waals surface area contributed by atoms with Gasteiger partial charge in [0.05, 0.1) is 0 Å². The number of aryl methyl sites for hydroxylation is 1. The van der Waals surface area contributed by atoms with E-state index in [4.69, 9.17) is 9.47 Å². The van der Waals surface area contributed by atoms with E-state index in [0.29, 0.717) is 37.0 Å². The van der Waals surface area contributed by atoms with Crippen molar-refractivity contribution in [3.8, 4) is 11.5 Å². The maximum Gasteiger partial charge on any atom is 0.251 e. The fourth-order valence-corrected chi connectivity index (χ4v) is 1.83. The number of benzene rings is 1. The van der Waals surface area contributed by atoms with Crippen molar-refractivity contribution >= 4 is 5.91 Å². The molecule has 1 aliphatic rings. The molecule has 0 unspecified atom stereocenters. The van der Waals surface area contributed by atoms with Gasteiger partial charge in [0, 0.05) is 12.1 Å². The lowest BCUT2D eigenvalue weighted by atomic mass is 10.1. The minimum Gasteiger partial charge on any atom is -0.486 e. The van der Waals surface area contributed by atoms with Gasteiger partial charge < -0.3 is 14.8 Å². The number of hydrogen-bond donors (Lipinski definition) is 1. The highest BCUT2D eigenvalue weighted by Gasteiger charge is 2.17. The van der Waals surface area contributed by atoms with Crippen molar-refractivity contribution < 1.29 is 14.3 Å². The van der Waals surface area contributed by atoms with E-state index < -0.39 is 0 Å². The predicted molar refractivity (Wildman–Crippen MR) is 69.3 cm³/mol. The molecule has 4 heteroatoms. The lowest BCUT2D eigenvalue weighted by Crippen LogP contribution is -2.28. The van der Waals surface area contributed by atoms with Crippen LogP contribution < -0.4 is 14.8 Å². The van der Waals surface area contributed by atoms with E-state index >= 15 is 0 Å². The third-order valence-electron chi connectivity index (χ3n) is 2.80. The molecule has 0 aromatic heterocycles. The minimum absolute atomic E-state index is 0.0572. The van der Waals surface area contributed by atoms with E-state index in [2.05, 4.69) is 19.2 Å². The van der Waals surface area contributed by atoms with Crippen molar-refractivity contribution in [2.45, 2.75) is 20.8 Å². The van der Waals surface area contributed by atoms with Crippen LogP contribution in [0.3, 0.4) is 0 Å². The molecule has 0 atom stereocenters. The molecule has 18 heavy (non-hydrogen) atoms. The Morgan fingerprint density at radius 3 is 2.50 bits per heavy atom. The SMILES string of the molecule is Cc1cc2c(cc1C(=O)NCC(C)C)OCCO2. The molecule has 0 bridgehead atoms. The first-order chi connectivity index (χ1) is 8.58. The van der Waals surface area contributed by atoms with Crippen LogP contribution in [0.15, 0.2) is 12.1 Å². The molecule has 0 spiro atoms. The highest BCUT2D eigenvalue weighted by molar-refractivity contribution is 5.96. The van der Waals surface area contributed by atoms with Gasteiger partial charge in [0.15, 0.2) is 11.5 Å². The summed E-state index contributed by atoms with van der Waals surface area (Å²) in [5, 5.41) is 2.91. The lowest BCUT2D eigenvalue weighted by Gasteiger charge is -2.20. The zero-order valence-corrected chi connectivity index (χ0v) is 11.1. The molecule has 0 fully saturated rings. The van der Waals surface area contributed by atoms with Gasteiger partial charge in [-0.05, 0) is 30.5 Å². The van der Waals surface area contributed by atoms with E-state index in [0.717, 1.165) is 11.3 Å². The minimum atomic E-state index is -0.0572. The first-order valence-corrected chi connectivity index (χ1v) is 6.26. The Morgan fingerprint density at radius 1 is 1.28 bits per heavy atom. The van der Waals surface area contributed by atoms with Crippen LogP contribution in [0.4, 0.5) is 0 Å². The van der Waals surface area contributed by atoms with E-state index in [9.17, 15) is 4.79 Å². The van der Waals surface area contributed by atoms with Crippen LogP contribution in [0.5, 0.6) is 11.5 Å². The molecule has 2 rings (SSSR count). The Labute approximate surface area is 107 Å². The lowest BCUT2D eigenvalue weighted by molar-refractivity contribution is 0.0947. The first-order valence-electron chi connectivity index (χ1n) is 6.26. The highest BCUT2D eigenvalue weighted by atomic mass is 16.6. The number of amides is 1. The second-order valence-electron chi connectivity index (χ2n) is 4.91. The Hall–Kier alpha value is -1.71. The second kappa shape index (κ2) is 5.29. The smallest absolute Gasteiger partial charge is 0.251 e. The van der Waals surface area contributed by atoms with Crippen LogP contribution in [0.25, 0.3) is 0 Å². The predicted octanol–water partition coefficient (Wildman–Crippen LogP) is 2.15. The summed E-state index contributed by atoms with van der Waals surface area (Å²) in [5.74, 6) is 1.75. The van der Waals surface area contributed by atoms with Gasteiger partial charge in [0.1, 0.15) is 13.2 Å². The largest absolute Gasteiger partial charge is 0.486 e. The summed E-state index contributed by atoms with van der Waals surface area (Å²) >= 11 is 0. The Bertz CT molecular complexity index is 455. The summed E-state index contributed by atoms with van der Waals surface area (Å²) in [5.41, 5.74) is 1.56. The van der Waals surface area contributed by atoms with E-state index in [1.807, 2.05) is 13.0 Å². The van der Waals surface area contributed by atoms with Crippen molar-refractivity contribution in [1.82, 2.24) is 5.32 Å². The number of rotatable bonds is 3. The van der Waals surface area contributed by atoms with Crippen LogP contribution >= 0.6 is 0 Å². The molecule has 4 nitrogen and oxygen atoms in total. The van der Waals surface area contributed by atoms with Gasteiger partial charge in [-0.1, -0.05) is 13.8 Å². The Morgan fingerprint density at radius 2 is 1.89 bits per heavy atom. The van der Waals surface area contributed by atoms with Crippen molar-refractivity contribution in [2.24, 2.45) is 5.92 Å². The molecule has 0 radical (unpaired) electrons. The fourth-order valence-electron chi connectivity index (χ4n) is 1.83. The maximum absolute atomic E-state index is 12.0. The Balaban J connectivity index is 2.19. The topological polar surface area (TPSA) is 47.6 Å². The molecule has 98 valence electrons. The van der Waals surface area contributed by atoms with Gasteiger partial charge in [-0.2, -0.15) is 0 Å². The molecule has 1 amide bonds. The number of hydrogen-bond acceptors (Lipinski definition) is 3. The van der Waals surface area contributed by atoms with Gasteiger partial charge in [-0.25, -0.2) is 0 Å². The van der Waals surface area contributed by atoms with Gasteiger partial charge >= 0.3 is 0 Å². The van der Waals surface area contributed by atoms with E-state index in [1.54, 1.807) is 6.07 Å². The first kappa shape index (κ1) is 12.7. The fraction of sp³-hybridized carbons (Fsp3) is 0.500. The van der Waals surface area contributed by atoms with Gasteiger partial charge in [-0.3, -0.25) is 4.79 Å². The van der Waals surface area contributed by atoms with Crippen molar-refractivity contribution in [3.63, 3.8) is 0 Å². The zero-order chi connectivity index (χ0) is 13.1. The molecule has 1 aliphatic heterocycles. The average molecular weight is 249 g/mol. The van der Waals surface area contributed by atoms with Gasteiger partial charge in [-0.15, -0.1) is 0 Å². The highest BCUT2D eigenvalue weighted by Crippen LogP contribution is 2.32. The molecular weight excluding hydrogens is 230 g/mol. The Kier molecular flexibility index (Phi) is 3.75. The summed E-state index contributed by atoms with van der Waals surface area (Å²) in [6, 6.07) is 3.62. The summed E-state index contributed by atoms with van der Waals surface area (Å²) < 4.78 is 11.0. The second-order valence-corrected chi connectivity index (χ2v) is 4.91. The summed E-state index contributed by atoms with van der Waals surface area (Å²) in [6.45, 7) is 7.80. The number of ether oxygens (including phenoxy) is 2. The molecule has 1 N–H and O–H groups in total. The van der Waals surface area contributed by atoms with Gasteiger partial charge in [0.2, 0.25) is 0 Å². The molecule has 1 aromatic carbocycles. The van der Waals surface area contributed by atoms with E-state index in [-0.39, 0.29) is 5.91 Å². The van der Waals surface area contributed by atoms with Gasteiger partial charge in [0.25, 0.3) is 5.91 Å². The van der Waals surface area contributed by atoms with E-state index in [1.165, 1.54) is 0 Å². The van der Waals surface area contributed by atoms with Crippen LogP contribution in [-0.4, -0.2) is 25.7 Å². The standard InChI is InChI=1S/C14H19NO3/c1-9(2)8-15-14(16)11-7-13-12(6-10(11)3)17-4-5-18-13/h6-7,9H,4-5,8H2,1-3H3,(H,15,16). The molecule has 0 saturated carbocycles. The van der Waals surface area contributed by atoms with Crippen LogP contribution in [-0.2, 0) is 0 Å². The number of carbonyl (C=O) groups excluding carboxylic acids is 1. The third kappa shape index (κ3) is 2.75. The van der Waals surface area contributed by atoms with Crippen LogP contribution in [0.1, 0.15) is 29.8 Å². The van der Waals surface area contributed by atoms with Crippen LogP contribution in [0, 0.1) is 12.8 Å². The van der Waals surface area contributed by atoms with Crippen molar-refractivity contribution in [2.75, 3.05) is 19.8 Å². The third-order valence-corrected chi connectivity index (χ3v) is 2.80. The number of fused-ring (bicyclic) bond motifs is 1. The summed E-state index contributed by atoms with van der Waals surface area (Å²) in [7, 11) is 0.